The van der Waals surface area contributed by atoms with Gasteiger partial charge in [0.15, 0.2) is 0 Å². The number of rotatable bonds is 6. The number of nitrogens with zero attached hydrogens (tertiary/aromatic N) is 2. The van der Waals surface area contributed by atoms with E-state index < -0.39 is 27.4 Å². The highest BCUT2D eigenvalue weighted by molar-refractivity contribution is 7.89. The predicted molar refractivity (Wildman–Crippen MR) is 131 cm³/mol. The van der Waals surface area contributed by atoms with E-state index in [9.17, 15) is 18.0 Å². The summed E-state index contributed by atoms with van der Waals surface area (Å²) in [6.07, 6.45) is 0. The van der Waals surface area contributed by atoms with E-state index in [4.69, 9.17) is 0 Å². The summed E-state index contributed by atoms with van der Waals surface area (Å²) in [4.78, 5) is 28.5. The topological polar surface area (TPSA) is 86.8 Å². The molecule has 4 rings (SSSR count). The van der Waals surface area contributed by atoms with Crippen LogP contribution in [0.5, 0.6) is 0 Å². The van der Waals surface area contributed by atoms with Crippen LogP contribution in [0.25, 0.3) is 0 Å². The van der Waals surface area contributed by atoms with Crippen molar-refractivity contribution in [2.75, 3.05) is 18.0 Å². The van der Waals surface area contributed by atoms with E-state index in [-0.39, 0.29) is 24.5 Å². The lowest BCUT2D eigenvalue weighted by atomic mass is 9.94. The van der Waals surface area contributed by atoms with Crippen LogP contribution < -0.4 is 10.2 Å². The summed E-state index contributed by atoms with van der Waals surface area (Å²) in [5.41, 5.74) is 1.000. The smallest absolute Gasteiger partial charge is 0.247 e. The van der Waals surface area contributed by atoms with Crippen molar-refractivity contribution in [3.05, 3.63) is 96.1 Å². The summed E-state index contributed by atoms with van der Waals surface area (Å²) in [7, 11) is -3.97. The van der Waals surface area contributed by atoms with Crippen molar-refractivity contribution in [2.24, 2.45) is 0 Å². The maximum atomic E-state index is 13.6. The van der Waals surface area contributed by atoms with Crippen molar-refractivity contribution < 1.29 is 18.0 Å². The van der Waals surface area contributed by atoms with Gasteiger partial charge in [0.05, 0.1) is 11.4 Å². The number of hydrogen-bond donors (Lipinski definition) is 1. The molecule has 1 aliphatic heterocycles. The second-order valence-corrected chi connectivity index (χ2v) is 10.5. The maximum absolute atomic E-state index is 13.6. The van der Waals surface area contributed by atoms with Gasteiger partial charge in [0, 0.05) is 18.8 Å². The third kappa shape index (κ3) is 4.60. The van der Waals surface area contributed by atoms with Crippen molar-refractivity contribution in [1.29, 1.82) is 0 Å². The molecule has 1 heterocycles. The second-order valence-electron chi connectivity index (χ2n) is 8.59. The molecule has 3 aromatic rings. The Labute approximate surface area is 200 Å². The van der Waals surface area contributed by atoms with E-state index in [0.717, 1.165) is 15.4 Å². The van der Waals surface area contributed by atoms with Gasteiger partial charge in [0.25, 0.3) is 0 Å². The Morgan fingerprint density at radius 3 is 2.15 bits per heavy atom. The molecule has 0 aliphatic carbocycles. The first kappa shape index (κ1) is 23.7. The van der Waals surface area contributed by atoms with Crippen molar-refractivity contribution in [1.82, 2.24) is 9.62 Å². The molecular formula is C26H27N3O4S. The van der Waals surface area contributed by atoms with E-state index in [0.29, 0.717) is 5.69 Å². The number of carbonyl (C=O) groups is 2. The van der Waals surface area contributed by atoms with Crippen LogP contribution in [-0.2, 0) is 26.2 Å². The number of nitrogens with one attached hydrogen (secondary N) is 1. The van der Waals surface area contributed by atoms with Gasteiger partial charge in [-0.1, -0.05) is 66.2 Å². The molecule has 1 fully saturated rings. The van der Waals surface area contributed by atoms with Crippen molar-refractivity contribution in [3.63, 3.8) is 0 Å². The van der Waals surface area contributed by atoms with Gasteiger partial charge in [-0.15, -0.1) is 0 Å². The van der Waals surface area contributed by atoms with Crippen molar-refractivity contribution in [3.8, 4) is 0 Å². The van der Waals surface area contributed by atoms with Crippen LogP contribution in [-0.4, -0.2) is 43.2 Å². The first-order valence-electron chi connectivity index (χ1n) is 11.0. The molecule has 176 valence electrons. The zero-order valence-electron chi connectivity index (χ0n) is 19.1. The zero-order chi connectivity index (χ0) is 24.3. The van der Waals surface area contributed by atoms with Crippen LogP contribution in [0.3, 0.4) is 0 Å². The van der Waals surface area contributed by atoms with Gasteiger partial charge < -0.3 is 5.32 Å². The van der Waals surface area contributed by atoms with Gasteiger partial charge >= 0.3 is 0 Å². The lowest BCUT2D eigenvalue weighted by Gasteiger charge is -2.46. The average molecular weight is 478 g/mol. The van der Waals surface area contributed by atoms with Crippen LogP contribution in [0.15, 0.2) is 89.8 Å². The second kappa shape index (κ2) is 9.40. The summed E-state index contributed by atoms with van der Waals surface area (Å²) in [5.74, 6) is -0.898. The van der Waals surface area contributed by atoms with Gasteiger partial charge in [-0.3, -0.25) is 14.5 Å². The summed E-state index contributed by atoms with van der Waals surface area (Å²) >= 11 is 0. The highest BCUT2D eigenvalue weighted by Gasteiger charge is 2.51. The fraction of sp³-hybridized carbons (Fsp3) is 0.231. The summed E-state index contributed by atoms with van der Waals surface area (Å²) in [5, 5.41) is 2.90. The molecule has 0 bridgehead atoms. The number of carbonyl (C=O) groups excluding carboxylic acids is 2. The highest BCUT2D eigenvalue weighted by Crippen LogP contribution is 2.32. The quantitative estimate of drug-likeness (QED) is 0.591. The fourth-order valence-electron chi connectivity index (χ4n) is 4.14. The van der Waals surface area contributed by atoms with E-state index >= 15 is 0 Å². The van der Waals surface area contributed by atoms with E-state index in [1.165, 1.54) is 17.0 Å². The van der Waals surface area contributed by atoms with Gasteiger partial charge in [-0.05, 0) is 43.7 Å². The van der Waals surface area contributed by atoms with Crippen LogP contribution in [0.4, 0.5) is 5.69 Å². The normalized spacial score (nSPS) is 19.1. The van der Waals surface area contributed by atoms with Crippen molar-refractivity contribution in [2.45, 2.75) is 30.8 Å². The van der Waals surface area contributed by atoms with Gasteiger partial charge in [0.2, 0.25) is 21.8 Å². The van der Waals surface area contributed by atoms with Crippen molar-refractivity contribution >= 4 is 27.5 Å². The standard InChI is InChI=1S/C26H27N3O4S/c1-20-13-15-22(16-14-20)29-24(30)18-28(34(32,33)23-11-7-4-8-12-23)19-26(29,2)25(31)27-17-21-9-5-3-6-10-21/h3-16H,17-19H2,1-2H3,(H,27,31)/t26-/m1/s1. The number of hydrogen-bond acceptors (Lipinski definition) is 4. The predicted octanol–water partition coefficient (Wildman–Crippen LogP) is 3.11. The van der Waals surface area contributed by atoms with Crippen LogP contribution in [0.2, 0.25) is 0 Å². The first-order chi connectivity index (χ1) is 16.2. The monoisotopic (exact) mass is 477 g/mol. The molecule has 8 heteroatoms. The molecule has 0 unspecified atom stereocenters. The Hall–Kier alpha value is -3.49. The lowest BCUT2D eigenvalue weighted by molar-refractivity contribution is -0.133. The Morgan fingerprint density at radius 2 is 1.53 bits per heavy atom. The van der Waals surface area contributed by atoms with E-state index in [2.05, 4.69) is 5.32 Å². The maximum Gasteiger partial charge on any atom is 0.247 e. The van der Waals surface area contributed by atoms with Gasteiger partial charge in [0.1, 0.15) is 5.54 Å². The fourth-order valence-corrected chi connectivity index (χ4v) is 5.64. The number of piperazine rings is 1. The molecule has 2 amide bonds. The number of benzene rings is 3. The molecule has 0 spiro atoms. The third-order valence-electron chi connectivity index (χ3n) is 6.00. The number of sulfonamides is 1. The summed E-state index contributed by atoms with van der Waals surface area (Å²) in [6.45, 7) is 3.27. The zero-order valence-corrected chi connectivity index (χ0v) is 20.0. The Bertz CT molecular complexity index is 1280. The molecule has 1 atom stereocenters. The van der Waals surface area contributed by atoms with Crippen LogP contribution in [0.1, 0.15) is 18.1 Å². The molecule has 1 aliphatic rings. The molecule has 34 heavy (non-hydrogen) atoms. The summed E-state index contributed by atoms with van der Waals surface area (Å²) < 4.78 is 27.8. The Morgan fingerprint density at radius 1 is 0.941 bits per heavy atom. The van der Waals surface area contributed by atoms with Gasteiger partial charge in [-0.25, -0.2) is 8.42 Å². The Kier molecular flexibility index (Phi) is 6.54. The Balaban J connectivity index is 1.70. The minimum atomic E-state index is -3.97. The van der Waals surface area contributed by atoms with E-state index in [1.807, 2.05) is 49.4 Å². The third-order valence-corrected chi connectivity index (χ3v) is 7.80. The molecule has 1 saturated heterocycles. The molecule has 3 aromatic carbocycles. The number of amides is 2. The first-order valence-corrected chi connectivity index (χ1v) is 12.4. The summed E-state index contributed by atoms with van der Waals surface area (Å²) in [6, 6.07) is 24.6. The molecule has 7 nitrogen and oxygen atoms in total. The SMILES string of the molecule is Cc1ccc(N2C(=O)CN(S(=O)(=O)c3ccccc3)C[C@]2(C)C(=O)NCc2ccccc2)cc1. The molecular weight excluding hydrogens is 450 g/mol. The largest absolute Gasteiger partial charge is 0.350 e. The lowest BCUT2D eigenvalue weighted by Crippen LogP contribution is -2.70. The van der Waals surface area contributed by atoms with Crippen LogP contribution >= 0.6 is 0 Å². The molecule has 0 saturated carbocycles. The number of aryl methyl sites for hydroxylation is 1. The number of anilines is 1. The van der Waals surface area contributed by atoms with E-state index in [1.54, 1.807) is 37.3 Å². The molecule has 0 aromatic heterocycles. The minimum absolute atomic E-state index is 0.0821. The highest BCUT2D eigenvalue weighted by atomic mass is 32.2. The molecule has 0 radical (unpaired) electrons. The van der Waals surface area contributed by atoms with Gasteiger partial charge in [-0.2, -0.15) is 4.31 Å². The minimum Gasteiger partial charge on any atom is -0.350 e. The molecule has 1 N–H and O–H groups in total. The average Bonchev–Trinajstić information content (AvgIpc) is 2.84. The van der Waals surface area contributed by atoms with Crippen LogP contribution in [0, 0.1) is 6.92 Å².